The molecule has 2 aromatic rings. The SMILES string of the molecule is CC(=O)Oc1ccc2ncoc2c1.[H+]. The molecule has 1 aromatic heterocycles. The molecule has 4 nitrogen and oxygen atoms in total. The Morgan fingerprint density at radius 3 is 3.23 bits per heavy atom. The van der Waals surface area contributed by atoms with Crippen LogP contribution in [0, 0.1) is 0 Å². The molecular formula is C9H8NO3+. The summed E-state index contributed by atoms with van der Waals surface area (Å²) >= 11 is 0. The van der Waals surface area contributed by atoms with Crippen LogP contribution in [-0.2, 0) is 4.79 Å². The molecule has 66 valence electrons. The van der Waals surface area contributed by atoms with Crippen molar-refractivity contribution in [3.63, 3.8) is 0 Å². The Morgan fingerprint density at radius 1 is 1.62 bits per heavy atom. The average molecular weight is 178 g/mol. The third-order valence-corrected chi connectivity index (χ3v) is 1.56. The molecule has 1 aromatic carbocycles. The van der Waals surface area contributed by atoms with Crippen LogP contribution in [0.5, 0.6) is 5.75 Å². The monoisotopic (exact) mass is 178 g/mol. The van der Waals surface area contributed by atoms with Crippen molar-refractivity contribution in [3.05, 3.63) is 24.6 Å². The maximum atomic E-state index is 10.6. The van der Waals surface area contributed by atoms with E-state index in [0.717, 1.165) is 5.52 Å². The van der Waals surface area contributed by atoms with Crippen LogP contribution in [0.4, 0.5) is 0 Å². The number of aromatic nitrogens is 1. The molecule has 0 saturated heterocycles. The first-order valence-corrected chi connectivity index (χ1v) is 3.77. The number of hydrogen-bond donors (Lipinski definition) is 0. The van der Waals surface area contributed by atoms with Gasteiger partial charge in [-0.3, -0.25) is 4.79 Å². The molecule has 0 radical (unpaired) electrons. The van der Waals surface area contributed by atoms with E-state index in [4.69, 9.17) is 9.15 Å². The number of carbonyl (C=O) groups is 1. The number of carbonyl (C=O) groups excluding carboxylic acids is 1. The molecule has 0 atom stereocenters. The summed E-state index contributed by atoms with van der Waals surface area (Å²) in [5.74, 6) is 0.121. The van der Waals surface area contributed by atoms with Gasteiger partial charge >= 0.3 is 7.40 Å². The highest BCUT2D eigenvalue weighted by Gasteiger charge is 2.02. The molecule has 0 spiro atoms. The zero-order valence-electron chi connectivity index (χ0n) is 7.98. The van der Waals surface area contributed by atoms with E-state index in [0.29, 0.717) is 11.3 Å². The van der Waals surface area contributed by atoms with Gasteiger partial charge in [-0.05, 0) is 12.1 Å². The topological polar surface area (TPSA) is 52.3 Å². The van der Waals surface area contributed by atoms with Gasteiger partial charge < -0.3 is 9.15 Å². The van der Waals surface area contributed by atoms with E-state index in [9.17, 15) is 4.79 Å². The summed E-state index contributed by atoms with van der Waals surface area (Å²) in [5.41, 5.74) is 1.36. The lowest BCUT2D eigenvalue weighted by Crippen LogP contribution is -2.00. The quantitative estimate of drug-likeness (QED) is 0.494. The molecule has 0 bridgehead atoms. The van der Waals surface area contributed by atoms with E-state index in [1.807, 2.05) is 0 Å². The molecule has 1 heterocycles. The predicted octanol–water partition coefficient (Wildman–Crippen LogP) is 1.87. The van der Waals surface area contributed by atoms with E-state index in [1.165, 1.54) is 13.3 Å². The predicted molar refractivity (Wildman–Crippen MR) is 46.4 cm³/mol. The number of benzene rings is 1. The van der Waals surface area contributed by atoms with Gasteiger partial charge in [0.25, 0.3) is 0 Å². The Labute approximate surface area is 75.6 Å². The van der Waals surface area contributed by atoms with Gasteiger partial charge in [-0.2, -0.15) is 0 Å². The first kappa shape index (κ1) is 7.79. The Morgan fingerprint density at radius 2 is 2.46 bits per heavy atom. The summed E-state index contributed by atoms with van der Waals surface area (Å²) in [6.07, 6.45) is 1.35. The second-order valence-electron chi connectivity index (χ2n) is 2.58. The summed E-state index contributed by atoms with van der Waals surface area (Å²) in [5, 5.41) is 0. The largest absolute Gasteiger partial charge is 1.00 e. The number of rotatable bonds is 1. The molecular weight excluding hydrogens is 170 g/mol. The maximum Gasteiger partial charge on any atom is 1.00 e. The zero-order valence-corrected chi connectivity index (χ0v) is 6.98. The fourth-order valence-electron chi connectivity index (χ4n) is 1.06. The average Bonchev–Trinajstić information content (AvgIpc) is 2.49. The molecule has 13 heavy (non-hydrogen) atoms. The summed E-state index contributed by atoms with van der Waals surface area (Å²) < 4.78 is 9.90. The van der Waals surface area contributed by atoms with E-state index in [2.05, 4.69) is 4.98 Å². The highest BCUT2D eigenvalue weighted by Crippen LogP contribution is 2.19. The second kappa shape index (κ2) is 2.90. The lowest BCUT2D eigenvalue weighted by molar-refractivity contribution is -0.131. The summed E-state index contributed by atoms with van der Waals surface area (Å²) in [6.45, 7) is 1.35. The molecule has 0 amide bonds. The Kier molecular flexibility index (Phi) is 1.73. The highest BCUT2D eigenvalue weighted by molar-refractivity contribution is 5.76. The smallest absolute Gasteiger partial charge is 0.443 e. The van der Waals surface area contributed by atoms with Crippen LogP contribution in [0.2, 0.25) is 0 Å². The van der Waals surface area contributed by atoms with Gasteiger partial charge in [0.15, 0.2) is 12.0 Å². The molecule has 0 fully saturated rings. The Bertz CT molecular complexity index is 452. The van der Waals surface area contributed by atoms with Gasteiger partial charge in [-0.15, -0.1) is 0 Å². The molecule has 0 N–H and O–H groups in total. The first-order chi connectivity index (χ1) is 6.25. The van der Waals surface area contributed by atoms with Crippen molar-refractivity contribution < 1.29 is 15.4 Å². The molecule has 2 rings (SSSR count). The molecule has 0 saturated carbocycles. The Balaban J connectivity index is 0.000000980. The van der Waals surface area contributed by atoms with Crippen molar-refractivity contribution in [3.8, 4) is 5.75 Å². The van der Waals surface area contributed by atoms with E-state index < -0.39 is 0 Å². The molecule has 0 aliphatic rings. The van der Waals surface area contributed by atoms with Crippen molar-refractivity contribution in [1.82, 2.24) is 4.98 Å². The van der Waals surface area contributed by atoms with Gasteiger partial charge in [-0.1, -0.05) is 0 Å². The zero-order chi connectivity index (χ0) is 9.26. The van der Waals surface area contributed by atoms with Gasteiger partial charge in [0, 0.05) is 13.0 Å². The first-order valence-electron chi connectivity index (χ1n) is 3.77. The summed E-state index contributed by atoms with van der Waals surface area (Å²) in [7, 11) is 0. The minimum atomic E-state index is -0.348. The summed E-state index contributed by atoms with van der Waals surface area (Å²) in [6, 6.07) is 5.03. The molecule has 0 aliphatic carbocycles. The second-order valence-corrected chi connectivity index (χ2v) is 2.58. The van der Waals surface area contributed by atoms with Crippen LogP contribution in [-0.4, -0.2) is 11.0 Å². The number of fused-ring (bicyclic) bond motifs is 1. The lowest BCUT2D eigenvalue weighted by Gasteiger charge is -1.98. The van der Waals surface area contributed by atoms with Gasteiger partial charge in [0.05, 0.1) is 0 Å². The van der Waals surface area contributed by atoms with E-state index >= 15 is 0 Å². The van der Waals surface area contributed by atoms with Crippen molar-refractivity contribution >= 4 is 17.1 Å². The van der Waals surface area contributed by atoms with Gasteiger partial charge in [-0.25, -0.2) is 4.98 Å². The standard InChI is InChI=1S/C9H7NO3/c1-6(11)13-7-2-3-8-9(4-7)12-5-10-8/h2-5H,1H3/p+1. The van der Waals surface area contributed by atoms with Crippen molar-refractivity contribution in [2.24, 2.45) is 0 Å². The molecule has 0 aliphatic heterocycles. The van der Waals surface area contributed by atoms with Crippen molar-refractivity contribution in [2.45, 2.75) is 6.92 Å². The van der Waals surface area contributed by atoms with Crippen LogP contribution >= 0.6 is 0 Å². The third-order valence-electron chi connectivity index (χ3n) is 1.56. The fraction of sp³-hybridized carbons (Fsp3) is 0.111. The van der Waals surface area contributed by atoms with Gasteiger partial charge in [0.1, 0.15) is 11.3 Å². The third kappa shape index (κ3) is 1.51. The number of ether oxygens (including phenoxy) is 1. The maximum absolute atomic E-state index is 10.6. The summed E-state index contributed by atoms with van der Waals surface area (Å²) in [4.78, 5) is 14.6. The van der Waals surface area contributed by atoms with Crippen LogP contribution < -0.4 is 4.74 Å². The van der Waals surface area contributed by atoms with Crippen LogP contribution in [0.3, 0.4) is 0 Å². The minimum Gasteiger partial charge on any atom is -0.443 e. The minimum absolute atomic E-state index is 0. The molecule has 0 unspecified atom stereocenters. The number of esters is 1. The van der Waals surface area contributed by atoms with E-state index in [-0.39, 0.29) is 7.40 Å². The van der Waals surface area contributed by atoms with Crippen molar-refractivity contribution in [1.29, 1.82) is 0 Å². The van der Waals surface area contributed by atoms with Gasteiger partial charge in [0.2, 0.25) is 0 Å². The Hall–Kier alpha value is -1.84. The highest BCUT2D eigenvalue weighted by atomic mass is 16.5. The number of nitrogens with zero attached hydrogens (tertiary/aromatic N) is 1. The van der Waals surface area contributed by atoms with Crippen molar-refractivity contribution in [2.75, 3.05) is 0 Å². The molecule has 4 heteroatoms. The number of hydrogen-bond acceptors (Lipinski definition) is 4. The normalized spacial score (nSPS) is 10.2. The van der Waals surface area contributed by atoms with E-state index in [1.54, 1.807) is 18.2 Å². The fourth-order valence-corrected chi connectivity index (χ4v) is 1.06. The number of oxazole rings is 1. The van der Waals surface area contributed by atoms with Crippen LogP contribution in [0.15, 0.2) is 29.0 Å². The van der Waals surface area contributed by atoms with Crippen LogP contribution in [0.25, 0.3) is 11.1 Å². The van der Waals surface area contributed by atoms with Crippen LogP contribution in [0.1, 0.15) is 8.35 Å². The lowest BCUT2D eigenvalue weighted by atomic mass is 10.3.